The fourth-order valence-corrected chi connectivity index (χ4v) is 6.47. The minimum atomic E-state index is 0.525. The van der Waals surface area contributed by atoms with Crippen molar-refractivity contribution in [1.82, 2.24) is 4.90 Å². The molecule has 2 aromatic carbocycles. The lowest BCUT2D eigenvalue weighted by Gasteiger charge is -2.50. The van der Waals surface area contributed by atoms with Gasteiger partial charge in [0.15, 0.2) is 0 Å². The lowest BCUT2D eigenvalue weighted by molar-refractivity contribution is 0.0510. The molecule has 2 fully saturated rings. The molecule has 1 aliphatic heterocycles. The van der Waals surface area contributed by atoms with Gasteiger partial charge in [-0.3, -0.25) is 0 Å². The second kappa shape index (κ2) is 9.63. The summed E-state index contributed by atoms with van der Waals surface area (Å²) in [5, 5.41) is 0. The fourth-order valence-electron chi connectivity index (χ4n) is 6.47. The first kappa shape index (κ1) is 22.2. The SMILES string of the molecule is C=C(c1ccc(C)c(CC)c1)N1CCC2(CC1)CC(CCC)CC(c1ccccc1)C2. The quantitative estimate of drug-likeness (QED) is 0.462. The number of hydrogen-bond acceptors (Lipinski definition) is 1. The molecular formula is C30H41N. The molecule has 1 heteroatoms. The van der Waals surface area contributed by atoms with E-state index in [0.717, 1.165) is 31.3 Å². The molecule has 31 heavy (non-hydrogen) atoms. The maximum Gasteiger partial charge on any atom is 0.0366 e. The summed E-state index contributed by atoms with van der Waals surface area (Å²) < 4.78 is 0. The molecule has 4 rings (SSSR count). The fraction of sp³-hybridized carbons (Fsp3) is 0.533. The average Bonchev–Trinajstić information content (AvgIpc) is 2.80. The van der Waals surface area contributed by atoms with Crippen LogP contribution >= 0.6 is 0 Å². The van der Waals surface area contributed by atoms with Gasteiger partial charge >= 0.3 is 0 Å². The van der Waals surface area contributed by atoms with Crippen LogP contribution in [0, 0.1) is 18.3 Å². The van der Waals surface area contributed by atoms with Gasteiger partial charge in [0.1, 0.15) is 0 Å². The van der Waals surface area contributed by atoms with Crippen molar-refractivity contribution in [3.63, 3.8) is 0 Å². The lowest BCUT2D eigenvalue weighted by atomic mass is 9.59. The molecule has 166 valence electrons. The zero-order chi connectivity index (χ0) is 21.8. The predicted octanol–water partition coefficient (Wildman–Crippen LogP) is 7.99. The topological polar surface area (TPSA) is 3.24 Å². The Labute approximate surface area is 190 Å². The summed E-state index contributed by atoms with van der Waals surface area (Å²) in [7, 11) is 0. The van der Waals surface area contributed by atoms with Crippen molar-refractivity contribution in [2.24, 2.45) is 11.3 Å². The van der Waals surface area contributed by atoms with Gasteiger partial charge in [0.05, 0.1) is 0 Å². The molecule has 1 nitrogen and oxygen atoms in total. The predicted molar refractivity (Wildman–Crippen MR) is 134 cm³/mol. The number of hydrogen-bond donors (Lipinski definition) is 0. The van der Waals surface area contributed by atoms with Gasteiger partial charge in [-0.2, -0.15) is 0 Å². The van der Waals surface area contributed by atoms with E-state index in [1.807, 2.05) is 0 Å². The first-order valence-electron chi connectivity index (χ1n) is 12.6. The molecule has 2 aromatic rings. The average molecular weight is 416 g/mol. The highest BCUT2D eigenvalue weighted by molar-refractivity contribution is 5.63. The van der Waals surface area contributed by atoms with Crippen LogP contribution in [0.15, 0.2) is 55.1 Å². The number of likely N-dealkylation sites (tertiary alicyclic amines) is 1. The molecule has 0 amide bonds. The van der Waals surface area contributed by atoms with Crippen LogP contribution in [0.25, 0.3) is 5.70 Å². The highest BCUT2D eigenvalue weighted by Crippen LogP contribution is 2.53. The molecule has 2 unspecified atom stereocenters. The van der Waals surface area contributed by atoms with Crippen molar-refractivity contribution in [1.29, 1.82) is 0 Å². The number of aryl methyl sites for hydroxylation is 2. The first-order chi connectivity index (χ1) is 15.0. The summed E-state index contributed by atoms with van der Waals surface area (Å²) in [4.78, 5) is 2.57. The molecule has 0 N–H and O–H groups in total. The van der Waals surface area contributed by atoms with E-state index < -0.39 is 0 Å². The van der Waals surface area contributed by atoms with Crippen molar-refractivity contribution < 1.29 is 0 Å². The molecule has 2 atom stereocenters. The summed E-state index contributed by atoms with van der Waals surface area (Å²) in [6.45, 7) is 13.7. The first-order valence-corrected chi connectivity index (χ1v) is 12.6. The van der Waals surface area contributed by atoms with E-state index >= 15 is 0 Å². The molecule has 0 bridgehead atoms. The Hall–Kier alpha value is -2.02. The third-order valence-corrected chi connectivity index (χ3v) is 8.26. The molecule has 1 saturated carbocycles. The van der Waals surface area contributed by atoms with Crippen LogP contribution in [0.3, 0.4) is 0 Å². The van der Waals surface area contributed by atoms with Gasteiger partial charge in [-0.05, 0) is 91.0 Å². The van der Waals surface area contributed by atoms with Crippen LogP contribution < -0.4 is 0 Å². The monoisotopic (exact) mass is 415 g/mol. The third kappa shape index (κ3) is 4.92. The van der Waals surface area contributed by atoms with Crippen molar-refractivity contribution in [2.75, 3.05) is 13.1 Å². The van der Waals surface area contributed by atoms with Crippen LogP contribution in [-0.2, 0) is 6.42 Å². The van der Waals surface area contributed by atoms with Crippen molar-refractivity contribution in [3.8, 4) is 0 Å². The Kier molecular flexibility index (Phi) is 6.89. The Bertz CT molecular complexity index is 873. The van der Waals surface area contributed by atoms with Crippen molar-refractivity contribution >= 4 is 5.70 Å². The summed E-state index contributed by atoms with van der Waals surface area (Å²) in [5.41, 5.74) is 7.48. The molecule has 1 spiro atoms. The van der Waals surface area contributed by atoms with Crippen LogP contribution in [0.5, 0.6) is 0 Å². The summed E-state index contributed by atoms with van der Waals surface area (Å²) in [6.07, 6.45) is 10.7. The second-order valence-electron chi connectivity index (χ2n) is 10.3. The van der Waals surface area contributed by atoms with E-state index in [2.05, 4.69) is 80.8 Å². The van der Waals surface area contributed by atoms with Crippen LogP contribution in [0.1, 0.15) is 87.0 Å². The second-order valence-corrected chi connectivity index (χ2v) is 10.3. The van der Waals surface area contributed by atoms with Gasteiger partial charge in [0.25, 0.3) is 0 Å². The van der Waals surface area contributed by atoms with E-state index in [0.29, 0.717) is 5.41 Å². The van der Waals surface area contributed by atoms with Gasteiger partial charge in [0.2, 0.25) is 0 Å². The number of rotatable bonds is 6. The highest BCUT2D eigenvalue weighted by Gasteiger charge is 2.42. The largest absolute Gasteiger partial charge is 0.371 e. The maximum absolute atomic E-state index is 4.52. The highest BCUT2D eigenvalue weighted by atomic mass is 15.1. The Morgan fingerprint density at radius 3 is 2.45 bits per heavy atom. The summed E-state index contributed by atoms with van der Waals surface area (Å²) in [6, 6.07) is 18.2. The van der Waals surface area contributed by atoms with Gasteiger partial charge < -0.3 is 4.90 Å². The van der Waals surface area contributed by atoms with Gasteiger partial charge in [0, 0.05) is 18.8 Å². The number of piperidine rings is 1. The van der Waals surface area contributed by atoms with Crippen LogP contribution in [0.2, 0.25) is 0 Å². The minimum absolute atomic E-state index is 0.525. The smallest absolute Gasteiger partial charge is 0.0366 e. The Balaban J connectivity index is 1.47. The van der Waals surface area contributed by atoms with Crippen LogP contribution in [0.4, 0.5) is 0 Å². The molecule has 0 aromatic heterocycles. The summed E-state index contributed by atoms with van der Waals surface area (Å²) in [5.74, 6) is 1.63. The van der Waals surface area contributed by atoms with Gasteiger partial charge in [-0.25, -0.2) is 0 Å². The molecule has 1 saturated heterocycles. The van der Waals surface area contributed by atoms with Crippen molar-refractivity contribution in [2.45, 2.75) is 78.1 Å². The number of benzene rings is 2. The molecule has 1 heterocycles. The molecule has 2 aliphatic rings. The van der Waals surface area contributed by atoms with E-state index in [1.165, 1.54) is 67.3 Å². The maximum atomic E-state index is 4.52. The third-order valence-electron chi connectivity index (χ3n) is 8.26. The Morgan fingerprint density at radius 2 is 1.77 bits per heavy atom. The van der Waals surface area contributed by atoms with Gasteiger partial charge in [-0.15, -0.1) is 0 Å². The van der Waals surface area contributed by atoms with Crippen LogP contribution in [-0.4, -0.2) is 18.0 Å². The molecule has 1 aliphatic carbocycles. The summed E-state index contributed by atoms with van der Waals surface area (Å²) >= 11 is 0. The Morgan fingerprint density at radius 1 is 1.03 bits per heavy atom. The standard InChI is InChI=1S/C30H41N/c1-5-10-25-19-29(27-11-8-7-9-12-27)22-30(21-25)15-17-31(18-16-30)24(4)28-14-13-23(3)26(6-2)20-28/h7-9,11-14,20,25,29H,4-6,10,15-19,21-22H2,1-3H3. The van der Waals surface area contributed by atoms with E-state index in [9.17, 15) is 0 Å². The van der Waals surface area contributed by atoms with E-state index in [-0.39, 0.29) is 0 Å². The lowest BCUT2D eigenvalue weighted by Crippen LogP contribution is -2.43. The molecular weight excluding hydrogens is 374 g/mol. The van der Waals surface area contributed by atoms with Crippen molar-refractivity contribution in [3.05, 3.63) is 77.4 Å². The van der Waals surface area contributed by atoms with E-state index in [4.69, 9.17) is 0 Å². The zero-order valence-electron chi connectivity index (χ0n) is 20.0. The zero-order valence-corrected chi connectivity index (χ0v) is 20.0. The van der Waals surface area contributed by atoms with E-state index in [1.54, 1.807) is 5.56 Å². The normalized spacial score (nSPS) is 23.1. The minimum Gasteiger partial charge on any atom is -0.371 e. The number of nitrogens with zero attached hydrogens (tertiary/aromatic N) is 1. The van der Waals surface area contributed by atoms with Gasteiger partial charge in [-0.1, -0.05) is 75.7 Å². The molecule has 0 radical (unpaired) electrons.